The zero-order chi connectivity index (χ0) is 14.1. The standard InChI is InChI=1S/C16H16N2O2/c1-11-4-3-5-14-15(19)12(7-9-20-16(11)14)10-13-6-8-17-18(13)2/h3-6,8,10H,7,9H2,1-2H3. The van der Waals surface area contributed by atoms with Crippen molar-refractivity contribution in [3.05, 3.63) is 52.9 Å². The maximum absolute atomic E-state index is 12.6. The molecule has 2 aromatic rings. The first kappa shape index (κ1) is 12.7. The Balaban J connectivity index is 2.06. The fraction of sp³-hybridized carbons (Fsp3) is 0.250. The molecule has 4 nitrogen and oxygen atoms in total. The minimum absolute atomic E-state index is 0.0439. The highest BCUT2D eigenvalue weighted by atomic mass is 16.5. The first-order valence-electron chi connectivity index (χ1n) is 6.62. The van der Waals surface area contributed by atoms with Gasteiger partial charge in [-0.3, -0.25) is 9.48 Å². The molecular weight excluding hydrogens is 252 g/mol. The van der Waals surface area contributed by atoms with E-state index in [1.54, 1.807) is 10.9 Å². The van der Waals surface area contributed by atoms with Gasteiger partial charge in [0.2, 0.25) is 0 Å². The van der Waals surface area contributed by atoms with Crippen molar-refractivity contribution in [2.45, 2.75) is 13.3 Å². The maximum atomic E-state index is 12.6. The lowest BCUT2D eigenvalue weighted by molar-refractivity contribution is 0.103. The predicted molar refractivity (Wildman–Crippen MR) is 76.8 cm³/mol. The van der Waals surface area contributed by atoms with Crippen LogP contribution in [0.5, 0.6) is 5.75 Å². The number of aromatic nitrogens is 2. The molecule has 0 spiro atoms. The second kappa shape index (κ2) is 4.96. The maximum Gasteiger partial charge on any atom is 0.192 e. The first-order valence-corrected chi connectivity index (χ1v) is 6.62. The number of rotatable bonds is 1. The normalized spacial score (nSPS) is 16.7. The lowest BCUT2D eigenvalue weighted by Crippen LogP contribution is -2.03. The van der Waals surface area contributed by atoms with Crippen molar-refractivity contribution < 1.29 is 9.53 Å². The van der Waals surface area contributed by atoms with Crippen molar-refractivity contribution in [1.29, 1.82) is 0 Å². The number of para-hydroxylation sites is 1. The fourth-order valence-electron chi connectivity index (χ4n) is 2.41. The number of nitrogens with zero attached hydrogens (tertiary/aromatic N) is 2. The number of hydrogen-bond donors (Lipinski definition) is 0. The predicted octanol–water partition coefficient (Wildman–Crippen LogP) is 2.78. The number of ketones is 1. The van der Waals surface area contributed by atoms with Crippen LogP contribution in [0.2, 0.25) is 0 Å². The van der Waals surface area contributed by atoms with E-state index in [0.717, 1.165) is 16.8 Å². The van der Waals surface area contributed by atoms with Crippen LogP contribution in [-0.2, 0) is 7.05 Å². The zero-order valence-corrected chi connectivity index (χ0v) is 11.6. The summed E-state index contributed by atoms with van der Waals surface area (Å²) in [6, 6.07) is 7.57. The van der Waals surface area contributed by atoms with Gasteiger partial charge in [0, 0.05) is 25.2 Å². The highest BCUT2D eigenvalue weighted by molar-refractivity contribution is 6.13. The van der Waals surface area contributed by atoms with Crippen LogP contribution in [0.1, 0.15) is 28.0 Å². The molecule has 2 heterocycles. The second-order valence-electron chi connectivity index (χ2n) is 4.93. The van der Waals surface area contributed by atoms with Gasteiger partial charge < -0.3 is 4.74 Å². The molecule has 1 aliphatic heterocycles. The molecule has 3 rings (SSSR count). The van der Waals surface area contributed by atoms with Gasteiger partial charge in [0.15, 0.2) is 5.78 Å². The molecule has 1 aromatic carbocycles. The first-order chi connectivity index (χ1) is 9.66. The van der Waals surface area contributed by atoms with Gasteiger partial charge in [-0.1, -0.05) is 12.1 Å². The number of aryl methyl sites for hydroxylation is 2. The van der Waals surface area contributed by atoms with Crippen LogP contribution in [0.15, 0.2) is 36.0 Å². The minimum Gasteiger partial charge on any atom is -0.492 e. The third kappa shape index (κ3) is 2.13. The van der Waals surface area contributed by atoms with Gasteiger partial charge in [0.05, 0.1) is 17.9 Å². The van der Waals surface area contributed by atoms with E-state index < -0.39 is 0 Å². The summed E-state index contributed by atoms with van der Waals surface area (Å²) in [6.45, 7) is 2.48. The van der Waals surface area contributed by atoms with Crippen LogP contribution in [0.4, 0.5) is 0 Å². The van der Waals surface area contributed by atoms with E-state index in [2.05, 4.69) is 5.10 Å². The molecular formula is C16H16N2O2. The number of carbonyl (C=O) groups is 1. The Morgan fingerprint density at radius 2 is 2.20 bits per heavy atom. The molecule has 20 heavy (non-hydrogen) atoms. The summed E-state index contributed by atoms with van der Waals surface area (Å²) in [6.07, 6.45) is 4.23. The van der Waals surface area contributed by atoms with E-state index in [1.165, 1.54) is 0 Å². The second-order valence-corrected chi connectivity index (χ2v) is 4.93. The zero-order valence-electron chi connectivity index (χ0n) is 11.6. The van der Waals surface area contributed by atoms with Crippen LogP contribution >= 0.6 is 0 Å². The van der Waals surface area contributed by atoms with Crippen LogP contribution in [0.25, 0.3) is 6.08 Å². The van der Waals surface area contributed by atoms with Gasteiger partial charge in [-0.2, -0.15) is 5.10 Å². The van der Waals surface area contributed by atoms with E-state index in [1.807, 2.05) is 44.3 Å². The lowest BCUT2D eigenvalue weighted by Gasteiger charge is -2.08. The Labute approximate surface area is 117 Å². The summed E-state index contributed by atoms with van der Waals surface area (Å²) < 4.78 is 7.50. The van der Waals surface area contributed by atoms with Gasteiger partial charge >= 0.3 is 0 Å². The van der Waals surface area contributed by atoms with Crippen molar-refractivity contribution in [2.24, 2.45) is 7.05 Å². The Morgan fingerprint density at radius 3 is 2.95 bits per heavy atom. The molecule has 0 unspecified atom stereocenters. The van der Waals surface area contributed by atoms with E-state index in [9.17, 15) is 4.79 Å². The molecule has 1 aliphatic rings. The average molecular weight is 268 g/mol. The molecule has 4 heteroatoms. The Morgan fingerprint density at radius 1 is 1.35 bits per heavy atom. The third-order valence-electron chi connectivity index (χ3n) is 3.55. The van der Waals surface area contributed by atoms with Crippen molar-refractivity contribution in [3.63, 3.8) is 0 Å². The Kier molecular flexibility index (Phi) is 3.14. The number of benzene rings is 1. The fourth-order valence-corrected chi connectivity index (χ4v) is 2.41. The van der Waals surface area contributed by atoms with Crippen LogP contribution in [0.3, 0.4) is 0 Å². The number of Topliss-reactive ketones (excluding diaryl/α,β-unsaturated/α-hetero) is 1. The molecule has 102 valence electrons. The van der Waals surface area contributed by atoms with E-state index >= 15 is 0 Å². The molecule has 0 aliphatic carbocycles. The molecule has 1 aromatic heterocycles. The van der Waals surface area contributed by atoms with Crippen LogP contribution < -0.4 is 4.74 Å². The third-order valence-corrected chi connectivity index (χ3v) is 3.55. The summed E-state index contributed by atoms with van der Waals surface area (Å²) in [5.41, 5.74) is 3.33. The monoisotopic (exact) mass is 268 g/mol. The number of hydrogen-bond acceptors (Lipinski definition) is 3. The van der Waals surface area contributed by atoms with E-state index in [-0.39, 0.29) is 5.78 Å². The molecule has 0 N–H and O–H groups in total. The summed E-state index contributed by atoms with van der Waals surface area (Å²) in [7, 11) is 1.86. The summed E-state index contributed by atoms with van der Waals surface area (Å²) in [5, 5.41) is 4.12. The molecule has 0 amide bonds. The highest BCUT2D eigenvalue weighted by Crippen LogP contribution is 2.30. The van der Waals surface area contributed by atoms with Gasteiger partial charge in [0.1, 0.15) is 5.75 Å². The average Bonchev–Trinajstić information content (AvgIpc) is 2.76. The molecule has 0 fully saturated rings. The summed E-state index contributed by atoms with van der Waals surface area (Å²) >= 11 is 0. The van der Waals surface area contributed by atoms with Crippen molar-refractivity contribution >= 4 is 11.9 Å². The van der Waals surface area contributed by atoms with Crippen molar-refractivity contribution in [1.82, 2.24) is 9.78 Å². The van der Waals surface area contributed by atoms with Crippen LogP contribution in [0, 0.1) is 6.92 Å². The van der Waals surface area contributed by atoms with Gasteiger partial charge in [-0.05, 0) is 30.7 Å². The molecule has 0 saturated heterocycles. The quantitative estimate of drug-likeness (QED) is 0.747. The topological polar surface area (TPSA) is 44.1 Å². The summed E-state index contributed by atoms with van der Waals surface area (Å²) in [5.74, 6) is 0.758. The smallest absolute Gasteiger partial charge is 0.192 e. The largest absolute Gasteiger partial charge is 0.492 e. The number of fused-ring (bicyclic) bond motifs is 1. The highest BCUT2D eigenvalue weighted by Gasteiger charge is 2.22. The molecule has 0 bridgehead atoms. The summed E-state index contributed by atoms with van der Waals surface area (Å²) in [4.78, 5) is 12.6. The molecule has 0 saturated carbocycles. The van der Waals surface area contributed by atoms with Gasteiger partial charge in [-0.25, -0.2) is 0 Å². The van der Waals surface area contributed by atoms with Gasteiger partial charge in [0.25, 0.3) is 0 Å². The van der Waals surface area contributed by atoms with Crippen LogP contribution in [-0.4, -0.2) is 22.2 Å². The lowest BCUT2D eigenvalue weighted by atomic mass is 9.99. The van der Waals surface area contributed by atoms with E-state index in [0.29, 0.717) is 24.3 Å². The molecule has 0 radical (unpaired) electrons. The van der Waals surface area contributed by atoms with Gasteiger partial charge in [-0.15, -0.1) is 0 Å². The SMILES string of the molecule is Cc1cccc2c1OCCC(=Cc1ccnn1C)C2=O. The number of ether oxygens (including phenoxy) is 1. The van der Waals surface area contributed by atoms with Crippen molar-refractivity contribution in [2.75, 3.05) is 6.61 Å². The Bertz CT molecular complexity index is 698. The Hall–Kier alpha value is -2.36. The van der Waals surface area contributed by atoms with E-state index in [4.69, 9.17) is 4.74 Å². The number of carbonyl (C=O) groups excluding carboxylic acids is 1. The minimum atomic E-state index is 0.0439. The molecule has 0 atom stereocenters. The van der Waals surface area contributed by atoms with Crippen molar-refractivity contribution in [3.8, 4) is 5.75 Å².